The van der Waals surface area contributed by atoms with Crippen LogP contribution in [0, 0.1) is 0 Å². The van der Waals surface area contributed by atoms with Crippen molar-refractivity contribution in [2.24, 2.45) is 0 Å². The van der Waals surface area contributed by atoms with Crippen LogP contribution in [0.4, 0.5) is 0 Å². The Labute approximate surface area is 186 Å². The van der Waals surface area contributed by atoms with E-state index in [0.717, 1.165) is 5.56 Å². The fourth-order valence-corrected chi connectivity index (χ4v) is 4.60. The van der Waals surface area contributed by atoms with E-state index in [2.05, 4.69) is 15.0 Å². The predicted molar refractivity (Wildman–Crippen MR) is 117 cm³/mol. The zero-order valence-electron chi connectivity index (χ0n) is 16.4. The van der Waals surface area contributed by atoms with Crippen LogP contribution in [0.1, 0.15) is 16.2 Å². The Morgan fingerprint density at radius 2 is 1.90 bits per heavy atom. The molecular formula is C21H18ClN5O3S. The molecule has 0 bridgehead atoms. The fraction of sp³-hybridized carbons (Fsp3) is 0.238. The van der Waals surface area contributed by atoms with Gasteiger partial charge in [-0.15, -0.1) is 0 Å². The minimum atomic E-state index is -0.205. The second-order valence-electron chi connectivity index (χ2n) is 7.24. The number of carbonyl (C=O) groups is 1. The highest BCUT2D eigenvalue weighted by Crippen LogP contribution is 2.25. The van der Waals surface area contributed by atoms with E-state index in [0.29, 0.717) is 59.2 Å². The van der Waals surface area contributed by atoms with E-state index in [4.69, 9.17) is 16.0 Å². The zero-order valence-corrected chi connectivity index (χ0v) is 18.0. The molecule has 8 nitrogen and oxygen atoms in total. The molecular weight excluding hydrogens is 438 g/mol. The molecule has 10 heteroatoms. The summed E-state index contributed by atoms with van der Waals surface area (Å²) in [6.07, 6.45) is 1.50. The number of hydrogen-bond acceptors (Lipinski definition) is 7. The van der Waals surface area contributed by atoms with Gasteiger partial charge < -0.3 is 9.32 Å². The van der Waals surface area contributed by atoms with Crippen LogP contribution in [0.3, 0.4) is 0 Å². The van der Waals surface area contributed by atoms with Gasteiger partial charge in [-0.3, -0.25) is 14.5 Å². The quantitative estimate of drug-likeness (QED) is 0.470. The van der Waals surface area contributed by atoms with E-state index in [-0.39, 0.29) is 11.5 Å². The molecule has 1 aliphatic heterocycles. The predicted octanol–water partition coefficient (Wildman–Crippen LogP) is 3.02. The van der Waals surface area contributed by atoms with Crippen LogP contribution in [0.15, 0.2) is 57.9 Å². The standard InChI is InChI=1S/C21H18ClN5O3S/c22-15-5-3-14(4-6-15)19-24-27-18(28)12-16(23-21(27)31-19)13-25-7-9-26(10-8-25)20(29)17-2-1-11-30-17/h1-6,11-12H,7-10,13H2. The number of benzene rings is 1. The molecule has 0 N–H and O–H groups in total. The molecule has 0 saturated carbocycles. The van der Waals surface area contributed by atoms with Crippen molar-refractivity contribution in [3.8, 4) is 10.6 Å². The number of carbonyl (C=O) groups excluding carboxylic acids is 1. The summed E-state index contributed by atoms with van der Waals surface area (Å²) < 4.78 is 6.53. The van der Waals surface area contributed by atoms with Crippen molar-refractivity contribution in [2.75, 3.05) is 26.2 Å². The van der Waals surface area contributed by atoms with Gasteiger partial charge in [-0.2, -0.15) is 9.61 Å². The molecule has 1 aromatic carbocycles. The number of piperazine rings is 1. The molecule has 0 atom stereocenters. The highest BCUT2D eigenvalue weighted by molar-refractivity contribution is 7.19. The average Bonchev–Trinajstić information content (AvgIpc) is 3.45. The summed E-state index contributed by atoms with van der Waals surface area (Å²) in [5, 5.41) is 5.76. The normalized spacial score (nSPS) is 14.9. The first-order chi connectivity index (χ1) is 15.1. The Morgan fingerprint density at radius 1 is 1.13 bits per heavy atom. The van der Waals surface area contributed by atoms with Gasteiger partial charge in [0.1, 0.15) is 5.01 Å². The number of halogens is 1. The summed E-state index contributed by atoms with van der Waals surface area (Å²) in [6.45, 7) is 3.14. The van der Waals surface area contributed by atoms with Crippen molar-refractivity contribution in [3.63, 3.8) is 0 Å². The third kappa shape index (κ3) is 4.12. The summed E-state index contributed by atoms with van der Waals surface area (Å²) in [5.41, 5.74) is 1.38. The van der Waals surface area contributed by atoms with Crippen LogP contribution in [0.2, 0.25) is 5.02 Å². The van der Waals surface area contributed by atoms with Crippen LogP contribution < -0.4 is 5.56 Å². The van der Waals surface area contributed by atoms with Gasteiger partial charge in [0.15, 0.2) is 5.76 Å². The molecule has 4 heterocycles. The summed E-state index contributed by atoms with van der Waals surface area (Å²) in [7, 11) is 0. The zero-order chi connectivity index (χ0) is 21.4. The molecule has 0 spiro atoms. The Morgan fingerprint density at radius 3 is 2.61 bits per heavy atom. The van der Waals surface area contributed by atoms with E-state index in [1.165, 1.54) is 28.2 Å². The maximum absolute atomic E-state index is 12.6. The first kappa shape index (κ1) is 19.9. The van der Waals surface area contributed by atoms with Gasteiger partial charge in [0, 0.05) is 49.4 Å². The summed E-state index contributed by atoms with van der Waals surface area (Å²) in [4.78, 5) is 34.1. The molecule has 3 aromatic heterocycles. The van der Waals surface area contributed by atoms with Crippen molar-refractivity contribution in [3.05, 3.63) is 75.6 Å². The van der Waals surface area contributed by atoms with E-state index >= 15 is 0 Å². The second kappa shape index (κ2) is 8.26. The van der Waals surface area contributed by atoms with E-state index in [1.807, 2.05) is 12.1 Å². The van der Waals surface area contributed by atoms with Crippen molar-refractivity contribution in [2.45, 2.75) is 6.54 Å². The number of rotatable bonds is 4. The summed E-state index contributed by atoms with van der Waals surface area (Å²) >= 11 is 7.32. The first-order valence-electron chi connectivity index (χ1n) is 9.78. The number of fused-ring (bicyclic) bond motifs is 1. The molecule has 0 aliphatic carbocycles. The SMILES string of the molecule is O=C(c1ccco1)N1CCN(Cc2cc(=O)n3nc(-c4ccc(Cl)cc4)sc3n2)CC1. The fourth-order valence-electron chi connectivity index (χ4n) is 3.54. The summed E-state index contributed by atoms with van der Waals surface area (Å²) in [5.74, 6) is 0.261. The largest absolute Gasteiger partial charge is 0.459 e. The molecule has 0 unspecified atom stereocenters. The molecule has 4 aromatic rings. The Kier molecular flexibility index (Phi) is 5.31. The lowest BCUT2D eigenvalue weighted by Gasteiger charge is -2.34. The third-order valence-corrected chi connectivity index (χ3v) is 6.38. The highest BCUT2D eigenvalue weighted by atomic mass is 35.5. The van der Waals surface area contributed by atoms with Gasteiger partial charge in [0.2, 0.25) is 4.96 Å². The van der Waals surface area contributed by atoms with Crippen LogP contribution in [0.25, 0.3) is 15.5 Å². The maximum atomic E-state index is 12.6. The van der Waals surface area contributed by atoms with Crippen LogP contribution in [0.5, 0.6) is 0 Å². The van der Waals surface area contributed by atoms with Gasteiger partial charge in [0.05, 0.1) is 12.0 Å². The van der Waals surface area contributed by atoms with E-state index in [9.17, 15) is 9.59 Å². The van der Waals surface area contributed by atoms with Crippen LogP contribution >= 0.6 is 22.9 Å². The van der Waals surface area contributed by atoms with Crippen LogP contribution in [-0.4, -0.2) is 56.5 Å². The topological polar surface area (TPSA) is 84.0 Å². The highest BCUT2D eigenvalue weighted by Gasteiger charge is 2.24. The van der Waals surface area contributed by atoms with Crippen molar-refractivity contribution in [1.29, 1.82) is 0 Å². The van der Waals surface area contributed by atoms with Crippen molar-refractivity contribution >= 4 is 33.8 Å². The molecule has 158 valence electrons. The van der Waals surface area contributed by atoms with Gasteiger partial charge >= 0.3 is 0 Å². The summed E-state index contributed by atoms with van der Waals surface area (Å²) in [6, 6.07) is 12.2. The molecule has 1 fully saturated rings. The average molecular weight is 456 g/mol. The van der Waals surface area contributed by atoms with E-state index in [1.54, 1.807) is 29.2 Å². The number of nitrogens with zero attached hydrogens (tertiary/aromatic N) is 5. The Hall–Kier alpha value is -3.01. The Balaban J connectivity index is 1.29. The monoisotopic (exact) mass is 455 g/mol. The number of amides is 1. The molecule has 31 heavy (non-hydrogen) atoms. The van der Waals surface area contributed by atoms with Gasteiger partial charge in [-0.1, -0.05) is 35.1 Å². The lowest BCUT2D eigenvalue weighted by Crippen LogP contribution is -2.48. The van der Waals surface area contributed by atoms with Gasteiger partial charge in [-0.25, -0.2) is 4.98 Å². The minimum absolute atomic E-state index is 0.0955. The molecule has 1 saturated heterocycles. The number of furan rings is 1. The van der Waals surface area contributed by atoms with Gasteiger partial charge in [-0.05, 0) is 24.3 Å². The molecule has 5 rings (SSSR count). The number of hydrogen-bond donors (Lipinski definition) is 0. The van der Waals surface area contributed by atoms with E-state index < -0.39 is 0 Å². The smallest absolute Gasteiger partial charge is 0.289 e. The van der Waals surface area contributed by atoms with Crippen molar-refractivity contribution in [1.82, 2.24) is 24.4 Å². The molecule has 0 radical (unpaired) electrons. The lowest BCUT2D eigenvalue weighted by molar-refractivity contribution is 0.0596. The molecule has 1 aliphatic rings. The maximum Gasteiger partial charge on any atom is 0.289 e. The number of aromatic nitrogens is 3. The van der Waals surface area contributed by atoms with Gasteiger partial charge in [0.25, 0.3) is 11.5 Å². The van der Waals surface area contributed by atoms with Crippen LogP contribution in [-0.2, 0) is 6.54 Å². The second-order valence-corrected chi connectivity index (χ2v) is 8.63. The Bertz CT molecular complexity index is 1270. The minimum Gasteiger partial charge on any atom is -0.459 e. The molecule has 1 amide bonds. The first-order valence-corrected chi connectivity index (χ1v) is 11.0. The third-order valence-electron chi connectivity index (χ3n) is 5.17. The van der Waals surface area contributed by atoms with Crippen molar-refractivity contribution < 1.29 is 9.21 Å². The lowest BCUT2D eigenvalue weighted by atomic mass is 10.2.